The largest absolute Gasteiger partial charge is 0.507 e. The Bertz CT molecular complexity index is 806. The molecule has 0 saturated heterocycles. The van der Waals surface area contributed by atoms with E-state index >= 15 is 0 Å². The average molecular weight is 272 g/mol. The van der Waals surface area contributed by atoms with Crippen LogP contribution in [0.3, 0.4) is 0 Å². The van der Waals surface area contributed by atoms with Crippen LogP contribution in [-0.2, 0) is 0 Å². The Morgan fingerprint density at radius 2 is 1.79 bits per heavy atom. The van der Waals surface area contributed by atoms with Gasteiger partial charge in [-0.2, -0.15) is 0 Å². The minimum atomic E-state index is -0.252. The zero-order chi connectivity index (χ0) is 13.4. The number of aromatic nitrogens is 1. The van der Waals surface area contributed by atoms with Gasteiger partial charge in [-0.15, -0.1) is 0 Å². The van der Waals surface area contributed by atoms with Crippen molar-refractivity contribution in [3.05, 3.63) is 70.1 Å². The van der Waals surface area contributed by atoms with E-state index in [4.69, 9.17) is 11.6 Å². The molecule has 3 nitrogen and oxygen atoms in total. The second-order valence-corrected chi connectivity index (χ2v) is 4.65. The van der Waals surface area contributed by atoms with E-state index in [1.54, 1.807) is 48.7 Å². The van der Waals surface area contributed by atoms with Crippen LogP contribution in [-0.4, -0.2) is 9.51 Å². The number of aromatic hydroxyl groups is 1. The van der Waals surface area contributed by atoms with Crippen molar-refractivity contribution in [2.45, 2.75) is 0 Å². The van der Waals surface area contributed by atoms with Crippen LogP contribution in [0.5, 0.6) is 5.75 Å². The minimum absolute atomic E-state index is 0.0291. The van der Waals surface area contributed by atoms with Gasteiger partial charge in [-0.3, -0.25) is 9.20 Å². The number of hydrogen-bond donors (Lipinski definition) is 1. The van der Waals surface area contributed by atoms with Crippen molar-refractivity contribution in [1.82, 2.24) is 4.40 Å². The van der Waals surface area contributed by atoms with Gasteiger partial charge in [0.15, 0.2) is 0 Å². The third kappa shape index (κ3) is 1.98. The highest BCUT2D eigenvalue weighted by Crippen LogP contribution is 2.27. The molecular weight excluding hydrogens is 262 g/mol. The van der Waals surface area contributed by atoms with E-state index in [0.29, 0.717) is 16.1 Å². The summed E-state index contributed by atoms with van der Waals surface area (Å²) in [5, 5.41) is 10.7. The van der Waals surface area contributed by atoms with Crippen molar-refractivity contribution < 1.29 is 5.11 Å². The first kappa shape index (κ1) is 11.8. The van der Waals surface area contributed by atoms with Crippen molar-refractivity contribution in [2.75, 3.05) is 0 Å². The van der Waals surface area contributed by atoms with Gasteiger partial charge in [0.05, 0.1) is 11.1 Å². The van der Waals surface area contributed by atoms with Gasteiger partial charge in [-0.05, 0) is 29.8 Å². The lowest BCUT2D eigenvalue weighted by Gasteiger charge is -2.07. The van der Waals surface area contributed by atoms with Crippen molar-refractivity contribution in [3.8, 4) is 16.9 Å². The number of rotatable bonds is 1. The fourth-order valence-corrected chi connectivity index (χ4v) is 2.22. The molecule has 0 saturated carbocycles. The second kappa shape index (κ2) is 4.44. The molecule has 0 fully saturated rings. The predicted octanol–water partition coefficient (Wildman–Crippen LogP) is 3.33. The maximum atomic E-state index is 12.4. The third-order valence-corrected chi connectivity index (χ3v) is 3.25. The van der Waals surface area contributed by atoms with Crippen LogP contribution >= 0.6 is 11.6 Å². The Labute approximate surface area is 114 Å². The number of nitrogens with zero attached hydrogens (tertiary/aromatic N) is 1. The minimum Gasteiger partial charge on any atom is -0.507 e. The van der Waals surface area contributed by atoms with Crippen molar-refractivity contribution in [2.24, 2.45) is 0 Å². The molecule has 4 heteroatoms. The molecule has 0 aliphatic rings. The topological polar surface area (TPSA) is 41.7 Å². The summed E-state index contributed by atoms with van der Waals surface area (Å²) in [5.41, 5.74) is 1.33. The van der Waals surface area contributed by atoms with Crippen molar-refractivity contribution in [3.63, 3.8) is 0 Å². The van der Waals surface area contributed by atoms with E-state index < -0.39 is 0 Å². The number of benzene rings is 1. The molecule has 0 aliphatic carbocycles. The summed E-state index contributed by atoms with van der Waals surface area (Å²) in [6.45, 7) is 0. The van der Waals surface area contributed by atoms with E-state index in [1.807, 2.05) is 6.07 Å². The Kier molecular flexibility index (Phi) is 2.76. The first-order valence-corrected chi connectivity index (χ1v) is 6.14. The molecule has 0 amide bonds. The molecule has 1 N–H and O–H groups in total. The maximum Gasteiger partial charge on any atom is 0.266 e. The van der Waals surface area contributed by atoms with Crippen LogP contribution in [0, 0.1) is 0 Å². The summed E-state index contributed by atoms with van der Waals surface area (Å²) in [6, 6.07) is 13.7. The molecule has 19 heavy (non-hydrogen) atoms. The Morgan fingerprint density at radius 1 is 1.05 bits per heavy atom. The van der Waals surface area contributed by atoms with E-state index in [2.05, 4.69) is 0 Å². The summed E-state index contributed by atoms with van der Waals surface area (Å²) < 4.78 is 1.50. The zero-order valence-electron chi connectivity index (χ0n) is 9.88. The molecule has 0 aliphatic heterocycles. The third-order valence-electron chi connectivity index (χ3n) is 3.00. The maximum absolute atomic E-state index is 12.4. The molecule has 0 unspecified atom stereocenters. The van der Waals surface area contributed by atoms with Crippen LogP contribution in [0.1, 0.15) is 0 Å². The predicted molar refractivity (Wildman–Crippen MR) is 75.8 cm³/mol. The lowest BCUT2D eigenvalue weighted by Crippen LogP contribution is -2.15. The quantitative estimate of drug-likeness (QED) is 0.738. The van der Waals surface area contributed by atoms with Crippen LogP contribution in [0.4, 0.5) is 0 Å². The van der Waals surface area contributed by atoms with Crippen molar-refractivity contribution >= 4 is 17.1 Å². The molecule has 94 valence electrons. The molecule has 1 aromatic carbocycles. The monoisotopic (exact) mass is 271 g/mol. The molecule has 3 aromatic rings. The average Bonchev–Trinajstić information content (AvgIpc) is 2.41. The lowest BCUT2D eigenvalue weighted by atomic mass is 10.1. The normalized spacial score (nSPS) is 10.8. The first-order chi connectivity index (χ1) is 9.16. The highest BCUT2D eigenvalue weighted by molar-refractivity contribution is 6.30. The summed E-state index contributed by atoms with van der Waals surface area (Å²) in [4.78, 5) is 12.4. The van der Waals surface area contributed by atoms with Crippen LogP contribution in [0.2, 0.25) is 5.02 Å². The van der Waals surface area contributed by atoms with Gasteiger partial charge in [0, 0.05) is 17.3 Å². The fourth-order valence-electron chi connectivity index (χ4n) is 2.09. The van der Waals surface area contributed by atoms with E-state index in [1.165, 1.54) is 4.40 Å². The number of fused-ring (bicyclic) bond motifs is 1. The molecule has 2 aromatic heterocycles. The summed E-state index contributed by atoms with van der Waals surface area (Å²) in [6.07, 6.45) is 1.68. The Hall–Kier alpha value is -2.26. The highest BCUT2D eigenvalue weighted by atomic mass is 35.5. The van der Waals surface area contributed by atoms with Gasteiger partial charge in [0.1, 0.15) is 5.75 Å². The van der Waals surface area contributed by atoms with E-state index in [0.717, 1.165) is 0 Å². The van der Waals surface area contributed by atoms with Gasteiger partial charge < -0.3 is 5.11 Å². The van der Waals surface area contributed by atoms with Gasteiger partial charge in [-0.1, -0.05) is 29.8 Å². The number of hydrogen-bond acceptors (Lipinski definition) is 2. The standard InChI is InChI=1S/C15H10ClNO2/c16-11-6-4-10(5-7-11)14-13(18)9-12-3-1-2-8-17(12)15(14)19/h1-9,18H. The van der Waals surface area contributed by atoms with Crippen LogP contribution in [0.15, 0.2) is 59.5 Å². The Morgan fingerprint density at radius 3 is 2.53 bits per heavy atom. The second-order valence-electron chi connectivity index (χ2n) is 4.21. The molecule has 3 rings (SSSR count). The smallest absolute Gasteiger partial charge is 0.266 e. The van der Waals surface area contributed by atoms with E-state index in [9.17, 15) is 9.90 Å². The summed E-state index contributed by atoms with van der Waals surface area (Å²) in [7, 11) is 0. The molecular formula is C15H10ClNO2. The van der Waals surface area contributed by atoms with Crippen LogP contribution in [0.25, 0.3) is 16.6 Å². The zero-order valence-corrected chi connectivity index (χ0v) is 10.6. The highest BCUT2D eigenvalue weighted by Gasteiger charge is 2.12. The molecule has 0 bridgehead atoms. The van der Waals surface area contributed by atoms with Gasteiger partial charge in [-0.25, -0.2) is 0 Å². The Balaban J connectivity index is 2.35. The fraction of sp³-hybridized carbons (Fsp3) is 0. The summed E-state index contributed by atoms with van der Waals surface area (Å²) in [5.74, 6) is -0.0291. The molecule has 0 spiro atoms. The number of pyridine rings is 2. The van der Waals surface area contributed by atoms with Gasteiger partial charge >= 0.3 is 0 Å². The summed E-state index contributed by atoms with van der Waals surface area (Å²) >= 11 is 5.83. The van der Waals surface area contributed by atoms with Crippen LogP contribution < -0.4 is 5.56 Å². The SMILES string of the molecule is O=c1c(-c2ccc(Cl)cc2)c(O)cc2ccccn12. The van der Waals surface area contributed by atoms with Crippen molar-refractivity contribution in [1.29, 1.82) is 0 Å². The first-order valence-electron chi connectivity index (χ1n) is 5.76. The lowest BCUT2D eigenvalue weighted by molar-refractivity contribution is 0.476. The van der Waals surface area contributed by atoms with Gasteiger partial charge in [0.2, 0.25) is 0 Å². The van der Waals surface area contributed by atoms with E-state index in [-0.39, 0.29) is 16.9 Å². The molecule has 0 radical (unpaired) electrons. The molecule has 2 heterocycles. The number of halogens is 1. The van der Waals surface area contributed by atoms with Gasteiger partial charge in [0.25, 0.3) is 5.56 Å². The molecule has 0 atom stereocenters.